The minimum Gasteiger partial charge on any atom is -0.478 e. The highest BCUT2D eigenvalue weighted by Crippen LogP contribution is 2.22. The van der Waals surface area contributed by atoms with Gasteiger partial charge in [0.1, 0.15) is 5.56 Å². The van der Waals surface area contributed by atoms with Crippen LogP contribution in [0.3, 0.4) is 0 Å². The predicted molar refractivity (Wildman–Crippen MR) is 87.3 cm³/mol. The van der Waals surface area contributed by atoms with Crippen molar-refractivity contribution in [1.82, 2.24) is 0 Å². The van der Waals surface area contributed by atoms with Crippen molar-refractivity contribution < 1.29 is 24.7 Å². The van der Waals surface area contributed by atoms with Gasteiger partial charge in [-0.1, -0.05) is 24.3 Å². The number of carboxylic acid groups (broad SMARTS) is 2. The molecule has 0 aliphatic heterocycles. The SMILES string of the molecule is Cc1cccc(C(=O)O)c1N.Cc1cccc(C(=O)O)c1[N+](=O)[O-]. The summed E-state index contributed by atoms with van der Waals surface area (Å²) in [5.74, 6) is -2.26. The molecule has 0 atom stereocenters. The monoisotopic (exact) mass is 332 g/mol. The summed E-state index contributed by atoms with van der Waals surface area (Å²) in [6.07, 6.45) is 0. The fourth-order valence-corrected chi connectivity index (χ4v) is 1.94. The molecule has 0 spiro atoms. The summed E-state index contributed by atoms with van der Waals surface area (Å²) >= 11 is 0. The molecule has 0 bridgehead atoms. The standard InChI is InChI=1S/C8H7NO4.C8H9NO2/c1-5-3-2-4-6(8(10)11)7(5)9(12)13;1-5-3-2-4-6(7(5)9)8(10)11/h2-4H,1H3,(H,10,11);2-4H,9H2,1H3,(H,10,11). The van der Waals surface area contributed by atoms with Crippen molar-refractivity contribution in [2.24, 2.45) is 0 Å². The number of nitro groups is 1. The molecule has 0 unspecified atom stereocenters. The second-order valence-electron chi connectivity index (χ2n) is 4.87. The number of nitro benzene ring substituents is 1. The first kappa shape index (κ1) is 18.6. The average molecular weight is 332 g/mol. The van der Waals surface area contributed by atoms with Crippen LogP contribution in [0.15, 0.2) is 36.4 Å². The van der Waals surface area contributed by atoms with Crippen LogP contribution < -0.4 is 5.73 Å². The molecule has 0 saturated heterocycles. The maximum Gasteiger partial charge on any atom is 0.342 e. The lowest BCUT2D eigenvalue weighted by atomic mass is 10.1. The minimum atomic E-state index is -1.28. The summed E-state index contributed by atoms with van der Waals surface area (Å²) < 4.78 is 0. The van der Waals surface area contributed by atoms with Gasteiger partial charge in [-0.2, -0.15) is 0 Å². The maximum atomic E-state index is 10.6. The van der Waals surface area contributed by atoms with Crippen molar-refractivity contribution in [1.29, 1.82) is 0 Å². The molecule has 0 saturated carbocycles. The predicted octanol–water partition coefficient (Wildman–Crippen LogP) is 2.88. The zero-order valence-electron chi connectivity index (χ0n) is 13.0. The highest BCUT2D eigenvalue weighted by atomic mass is 16.6. The first-order chi connectivity index (χ1) is 11.2. The van der Waals surface area contributed by atoms with Crippen molar-refractivity contribution in [3.8, 4) is 0 Å². The molecule has 0 fully saturated rings. The van der Waals surface area contributed by atoms with Crippen molar-refractivity contribution in [3.05, 3.63) is 68.8 Å². The highest BCUT2D eigenvalue weighted by Gasteiger charge is 2.21. The molecular weight excluding hydrogens is 316 g/mol. The number of carboxylic acids is 2. The Balaban J connectivity index is 0.000000243. The van der Waals surface area contributed by atoms with Gasteiger partial charge < -0.3 is 15.9 Å². The third kappa shape index (κ3) is 4.29. The van der Waals surface area contributed by atoms with Crippen LogP contribution >= 0.6 is 0 Å². The number of carbonyl (C=O) groups is 2. The van der Waals surface area contributed by atoms with E-state index in [1.54, 1.807) is 19.1 Å². The first-order valence-electron chi connectivity index (χ1n) is 6.72. The van der Waals surface area contributed by atoms with Gasteiger partial charge in [0.25, 0.3) is 5.69 Å². The summed E-state index contributed by atoms with van der Waals surface area (Å²) in [5.41, 5.74) is 6.56. The van der Waals surface area contributed by atoms with Gasteiger partial charge in [0.05, 0.1) is 10.5 Å². The Morgan fingerprint density at radius 2 is 1.42 bits per heavy atom. The van der Waals surface area contributed by atoms with E-state index < -0.39 is 16.9 Å². The van der Waals surface area contributed by atoms with E-state index in [0.717, 1.165) is 5.56 Å². The van der Waals surface area contributed by atoms with Gasteiger partial charge in [-0.3, -0.25) is 10.1 Å². The normalized spacial score (nSPS) is 9.58. The topological polar surface area (TPSA) is 144 Å². The summed E-state index contributed by atoms with van der Waals surface area (Å²) in [4.78, 5) is 30.9. The molecule has 0 radical (unpaired) electrons. The van der Waals surface area contributed by atoms with E-state index >= 15 is 0 Å². The number of aryl methyl sites for hydroxylation is 2. The average Bonchev–Trinajstić information content (AvgIpc) is 2.49. The lowest BCUT2D eigenvalue weighted by Gasteiger charge is -2.02. The van der Waals surface area contributed by atoms with Crippen LogP contribution in [0.4, 0.5) is 11.4 Å². The number of nitrogen functional groups attached to an aromatic ring is 1. The van der Waals surface area contributed by atoms with Gasteiger partial charge in [0.2, 0.25) is 0 Å². The molecule has 0 amide bonds. The Hall–Kier alpha value is -3.42. The number of hydrogen-bond acceptors (Lipinski definition) is 5. The number of anilines is 1. The van der Waals surface area contributed by atoms with Crippen LogP contribution in [0, 0.1) is 24.0 Å². The van der Waals surface area contributed by atoms with Crippen molar-refractivity contribution in [3.63, 3.8) is 0 Å². The molecule has 2 rings (SSSR count). The second kappa shape index (κ2) is 7.73. The Kier molecular flexibility index (Phi) is 6.00. The number of nitrogens with two attached hydrogens (primary N) is 1. The number of nitrogens with zero attached hydrogens (tertiary/aromatic N) is 1. The van der Waals surface area contributed by atoms with Crippen LogP contribution in [-0.4, -0.2) is 27.1 Å². The van der Waals surface area contributed by atoms with Crippen LogP contribution in [0.5, 0.6) is 0 Å². The Morgan fingerprint density at radius 1 is 0.958 bits per heavy atom. The van der Waals surface area contributed by atoms with Crippen molar-refractivity contribution in [2.45, 2.75) is 13.8 Å². The fraction of sp³-hybridized carbons (Fsp3) is 0.125. The molecule has 0 heterocycles. The van der Waals surface area contributed by atoms with Crippen LogP contribution in [0.1, 0.15) is 31.8 Å². The summed E-state index contributed by atoms with van der Waals surface area (Å²) in [6, 6.07) is 9.14. The van der Waals surface area contributed by atoms with Crippen LogP contribution in [0.25, 0.3) is 0 Å². The third-order valence-corrected chi connectivity index (χ3v) is 3.21. The van der Waals surface area contributed by atoms with Gasteiger partial charge in [-0.15, -0.1) is 0 Å². The van der Waals surface area contributed by atoms with E-state index in [1.165, 1.54) is 31.2 Å². The minimum absolute atomic E-state index is 0.171. The molecule has 8 nitrogen and oxygen atoms in total. The number of rotatable bonds is 3. The largest absolute Gasteiger partial charge is 0.478 e. The number of hydrogen-bond donors (Lipinski definition) is 3. The van der Waals surface area contributed by atoms with E-state index in [2.05, 4.69) is 0 Å². The maximum absolute atomic E-state index is 10.6. The molecule has 2 aromatic rings. The van der Waals surface area contributed by atoms with E-state index in [-0.39, 0.29) is 16.8 Å². The molecule has 8 heteroatoms. The summed E-state index contributed by atoms with van der Waals surface area (Å²) in [7, 11) is 0. The second-order valence-corrected chi connectivity index (χ2v) is 4.87. The fourth-order valence-electron chi connectivity index (χ4n) is 1.94. The number of aromatic carboxylic acids is 2. The van der Waals surface area contributed by atoms with Gasteiger partial charge in [0, 0.05) is 11.3 Å². The van der Waals surface area contributed by atoms with E-state index in [0.29, 0.717) is 11.3 Å². The Morgan fingerprint density at radius 3 is 1.79 bits per heavy atom. The zero-order chi connectivity index (χ0) is 18.4. The van der Waals surface area contributed by atoms with Gasteiger partial charge in [0.15, 0.2) is 0 Å². The molecule has 2 aromatic carbocycles. The number of para-hydroxylation sites is 2. The van der Waals surface area contributed by atoms with Crippen LogP contribution in [0.2, 0.25) is 0 Å². The molecule has 24 heavy (non-hydrogen) atoms. The van der Waals surface area contributed by atoms with Gasteiger partial charge in [-0.25, -0.2) is 9.59 Å². The van der Waals surface area contributed by atoms with Gasteiger partial charge in [-0.05, 0) is 31.5 Å². The number of benzene rings is 2. The molecule has 0 aliphatic carbocycles. The van der Waals surface area contributed by atoms with Gasteiger partial charge >= 0.3 is 11.9 Å². The summed E-state index contributed by atoms with van der Waals surface area (Å²) in [5, 5.41) is 27.7. The summed E-state index contributed by atoms with van der Waals surface area (Å²) in [6.45, 7) is 3.28. The van der Waals surface area contributed by atoms with E-state index in [4.69, 9.17) is 15.9 Å². The lowest BCUT2D eigenvalue weighted by Crippen LogP contribution is -2.03. The molecule has 0 aromatic heterocycles. The first-order valence-corrected chi connectivity index (χ1v) is 6.72. The quantitative estimate of drug-likeness (QED) is 0.445. The Labute approximate surface area is 137 Å². The highest BCUT2D eigenvalue weighted by molar-refractivity contribution is 5.94. The van der Waals surface area contributed by atoms with Crippen LogP contribution in [-0.2, 0) is 0 Å². The Bertz CT molecular complexity index is 801. The molecule has 126 valence electrons. The lowest BCUT2D eigenvalue weighted by molar-refractivity contribution is -0.385. The van der Waals surface area contributed by atoms with Crippen molar-refractivity contribution in [2.75, 3.05) is 5.73 Å². The molecular formula is C16H16N2O6. The molecule has 0 aliphatic rings. The zero-order valence-corrected chi connectivity index (χ0v) is 13.0. The molecule has 4 N–H and O–H groups in total. The van der Waals surface area contributed by atoms with E-state index in [1.807, 2.05) is 0 Å². The third-order valence-electron chi connectivity index (χ3n) is 3.21. The van der Waals surface area contributed by atoms with Crippen molar-refractivity contribution >= 4 is 23.3 Å². The smallest absolute Gasteiger partial charge is 0.342 e. The van der Waals surface area contributed by atoms with E-state index in [9.17, 15) is 19.7 Å².